The zero-order valence-corrected chi connectivity index (χ0v) is 11.6. The molecule has 0 fully saturated rings. The molecule has 0 saturated carbocycles. The topological polar surface area (TPSA) is 84.0 Å². The van der Waals surface area contributed by atoms with Gasteiger partial charge in [-0.15, -0.1) is 0 Å². The van der Waals surface area contributed by atoms with Crippen LogP contribution < -0.4 is 10.9 Å². The maximum Gasteiger partial charge on any atom is 0.289 e. The van der Waals surface area contributed by atoms with Gasteiger partial charge >= 0.3 is 0 Å². The van der Waals surface area contributed by atoms with Crippen LogP contribution in [0.25, 0.3) is 0 Å². The third-order valence-corrected chi connectivity index (χ3v) is 3.02. The van der Waals surface area contributed by atoms with Gasteiger partial charge in [-0.3, -0.25) is 25.4 Å². The smallest absolute Gasteiger partial charge is 0.273 e. The fraction of sp³-hybridized carbons (Fsp3) is 0.200. The maximum atomic E-state index is 12.1. The molecule has 1 atom stereocenters. The molecule has 0 aliphatic carbocycles. The number of hydrogen-bond acceptors (Lipinski definition) is 4. The van der Waals surface area contributed by atoms with E-state index in [2.05, 4.69) is 20.8 Å². The van der Waals surface area contributed by atoms with Crippen LogP contribution >= 0.6 is 0 Å². The van der Waals surface area contributed by atoms with Gasteiger partial charge in [0.2, 0.25) is 5.91 Å². The predicted molar refractivity (Wildman–Crippen MR) is 77.1 cm³/mol. The van der Waals surface area contributed by atoms with Gasteiger partial charge in [0.05, 0.1) is 12.1 Å². The Hall–Kier alpha value is -2.76. The summed E-state index contributed by atoms with van der Waals surface area (Å²) in [5.74, 6) is -1.08. The summed E-state index contributed by atoms with van der Waals surface area (Å²) in [6, 6.07) is 9.42. The van der Waals surface area contributed by atoms with Crippen LogP contribution in [0.3, 0.4) is 0 Å². The zero-order valence-electron chi connectivity index (χ0n) is 11.6. The molecule has 1 heterocycles. The van der Waals surface area contributed by atoms with Crippen molar-refractivity contribution < 1.29 is 9.59 Å². The van der Waals surface area contributed by atoms with Crippen LogP contribution in [0.4, 0.5) is 0 Å². The third-order valence-electron chi connectivity index (χ3n) is 3.02. The van der Waals surface area contributed by atoms with Gasteiger partial charge in [-0.25, -0.2) is 4.98 Å². The van der Waals surface area contributed by atoms with Crippen LogP contribution in [-0.4, -0.2) is 21.8 Å². The Morgan fingerprint density at radius 2 is 1.90 bits per heavy atom. The monoisotopic (exact) mass is 284 g/mol. The second kappa shape index (κ2) is 7.14. The number of rotatable bonds is 4. The van der Waals surface area contributed by atoms with E-state index in [1.807, 2.05) is 37.3 Å². The summed E-state index contributed by atoms with van der Waals surface area (Å²) in [5, 5.41) is 0. The van der Waals surface area contributed by atoms with Gasteiger partial charge in [0.1, 0.15) is 5.69 Å². The molecule has 1 aromatic carbocycles. The molecule has 2 aromatic rings. The number of aromatic nitrogens is 2. The Balaban J connectivity index is 1.96. The number of benzene rings is 1. The van der Waals surface area contributed by atoms with Gasteiger partial charge in [0.15, 0.2) is 0 Å². The Bertz CT molecular complexity index is 602. The number of nitrogens with one attached hydrogen (secondary N) is 2. The molecule has 0 bridgehead atoms. The van der Waals surface area contributed by atoms with Crippen LogP contribution in [0.5, 0.6) is 0 Å². The Labute approximate surface area is 122 Å². The summed E-state index contributed by atoms with van der Waals surface area (Å²) in [7, 11) is 0. The Morgan fingerprint density at radius 3 is 2.52 bits per heavy atom. The molecule has 0 unspecified atom stereocenters. The average Bonchev–Trinajstić information content (AvgIpc) is 2.55. The van der Waals surface area contributed by atoms with Gasteiger partial charge in [0, 0.05) is 12.4 Å². The molecule has 2 rings (SSSR count). The summed E-state index contributed by atoms with van der Waals surface area (Å²) in [6.07, 6.45) is 4.85. The van der Waals surface area contributed by atoms with Gasteiger partial charge in [-0.05, 0) is 12.0 Å². The molecule has 6 heteroatoms. The van der Waals surface area contributed by atoms with E-state index in [0.29, 0.717) is 6.42 Å². The summed E-state index contributed by atoms with van der Waals surface area (Å²) < 4.78 is 0. The SMILES string of the molecule is CC[C@@H](C(=O)NNC(=O)c1cnccn1)c1ccccc1. The minimum absolute atomic E-state index is 0.144. The van der Waals surface area contributed by atoms with Crippen molar-refractivity contribution >= 4 is 11.8 Å². The van der Waals surface area contributed by atoms with Crippen LogP contribution in [-0.2, 0) is 4.79 Å². The lowest BCUT2D eigenvalue weighted by Crippen LogP contribution is -2.44. The molecular weight excluding hydrogens is 268 g/mol. The van der Waals surface area contributed by atoms with Crippen LogP contribution in [0, 0.1) is 0 Å². The van der Waals surface area contributed by atoms with Crippen LogP contribution in [0.1, 0.15) is 35.3 Å². The van der Waals surface area contributed by atoms with Crippen molar-refractivity contribution in [2.75, 3.05) is 0 Å². The molecule has 0 saturated heterocycles. The molecule has 21 heavy (non-hydrogen) atoms. The number of carbonyl (C=O) groups excluding carboxylic acids is 2. The van der Waals surface area contributed by atoms with E-state index in [1.165, 1.54) is 18.6 Å². The summed E-state index contributed by atoms with van der Waals surface area (Å²) in [5.41, 5.74) is 5.82. The fourth-order valence-electron chi connectivity index (χ4n) is 1.94. The van der Waals surface area contributed by atoms with E-state index in [4.69, 9.17) is 0 Å². The molecular formula is C15H16N4O2. The number of hydrazine groups is 1. The van der Waals surface area contributed by atoms with Crippen molar-refractivity contribution in [3.63, 3.8) is 0 Å². The molecule has 108 valence electrons. The van der Waals surface area contributed by atoms with E-state index in [1.54, 1.807) is 0 Å². The van der Waals surface area contributed by atoms with E-state index in [-0.39, 0.29) is 17.5 Å². The van der Waals surface area contributed by atoms with Crippen molar-refractivity contribution in [3.05, 3.63) is 60.2 Å². The van der Waals surface area contributed by atoms with Gasteiger partial charge < -0.3 is 0 Å². The lowest BCUT2D eigenvalue weighted by Gasteiger charge is -2.15. The molecule has 2 amide bonds. The van der Waals surface area contributed by atoms with Crippen molar-refractivity contribution in [2.45, 2.75) is 19.3 Å². The highest BCUT2D eigenvalue weighted by Gasteiger charge is 2.19. The zero-order chi connectivity index (χ0) is 15.1. The first kappa shape index (κ1) is 14.6. The summed E-state index contributed by atoms with van der Waals surface area (Å²) in [6.45, 7) is 1.92. The first-order chi connectivity index (χ1) is 10.2. The van der Waals surface area contributed by atoms with E-state index in [9.17, 15) is 9.59 Å². The highest BCUT2D eigenvalue weighted by molar-refractivity contribution is 5.94. The highest BCUT2D eigenvalue weighted by Crippen LogP contribution is 2.18. The second-order valence-corrected chi connectivity index (χ2v) is 4.41. The van der Waals surface area contributed by atoms with Crippen LogP contribution in [0.15, 0.2) is 48.9 Å². The molecule has 0 aliphatic rings. The maximum absolute atomic E-state index is 12.1. The van der Waals surface area contributed by atoms with Gasteiger partial charge in [-0.1, -0.05) is 37.3 Å². The second-order valence-electron chi connectivity index (χ2n) is 4.41. The number of carbonyl (C=O) groups is 2. The number of amides is 2. The van der Waals surface area contributed by atoms with Crippen LogP contribution in [0.2, 0.25) is 0 Å². The standard InChI is InChI=1S/C15H16N4O2/c1-2-12(11-6-4-3-5-7-11)14(20)18-19-15(21)13-10-16-8-9-17-13/h3-10,12H,2H2,1H3,(H,18,20)(H,19,21)/t12-/m1/s1. The van der Waals surface area contributed by atoms with E-state index in [0.717, 1.165) is 5.56 Å². The molecule has 0 spiro atoms. The first-order valence-electron chi connectivity index (χ1n) is 6.63. The number of nitrogens with zero attached hydrogens (tertiary/aromatic N) is 2. The summed E-state index contributed by atoms with van der Waals surface area (Å²) >= 11 is 0. The lowest BCUT2D eigenvalue weighted by molar-refractivity contribution is -0.123. The molecule has 0 aliphatic heterocycles. The lowest BCUT2D eigenvalue weighted by atomic mass is 9.96. The quantitative estimate of drug-likeness (QED) is 0.832. The molecule has 2 N–H and O–H groups in total. The van der Waals surface area contributed by atoms with Crippen molar-refractivity contribution in [1.82, 2.24) is 20.8 Å². The minimum Gasteiger partial charge on any atom is -0.273 e. The summed E-state index contributed by atoms with van der Waals surface area (Å²) in [4.78, 5) is 31.6. The number of hydrogen-bond donors (Lipinski definition) is 2. The van der Waals surface area contributed by atoms with E-state index >= 15 is 0 Å². The predicted octanol–water partition coefficient (Wildman–Crippen LogP) is 1.43. The largest absolute Gasteiger partial charge is 0.289 e. The van der Waals surface area contributed by atoms with Crippen molar-refractivity contribution in [2.24, 2.45) is 0 Å². The Kier molecular flexibility index (Phi) is 4.98. The van der Waals surface area contributed by atoms with Crippen molar-refractivity contribution in [3.8, 4) is 0 Å². The fourth-order valence-corrected chi connectivity index (χ4v) is 1.94. The average molecular weight is 284 g/mol. The van der Waals surface area contributed by atoms with Crippen molar-refractivity contribution in [1.29, 1.82) is 0 Å². The third kappa shape index (κ3) is 3.85. The minimum atomic E-state index is -0.501. The van der Waals surface area contributed by atoms with Gasteiger partial charge in [0.25, 0.3) is 5.91 Å². The van der Waals surface area contributed by atoms with E-state index < -0.39 is 5.91 Å². The molecule has 1 aromatic heterocycles. The molecule has 6 nitrogen and oxygen atoms in total. The Morgan fingerprint density at radius 1 is 1.14 bits per heavy atom. The first-order valence-corrected chi connectivity index (χ1v) is 6.63. The molecule has 0 radical (unpaired) electrons. The van der Waals surface area contributed by atoms with Gasteiger partial charge in [-0.2, -0.15) is 0 Å². The normalized spacial score (nSPS) is 11.5. The highest BCUT2D eigenvalue weighted by atomic mass is 16.2.